The van der Waals surface area contributed by atoms with Gasteiger partial charge in [-0.15, -0.1) is 0 Å². The quantitative estimate of drug-likeness (QED) is 0.866. The summed E-state index contributed by atoms with van der Waals surface area (Å²) < 4.78 is 39.0. The van der Waals surface area contributed by atoms with Gasteiger partial charge in [-0.05, 0) is 37.8 Å². The van der Waals surface area contributed by atoms with Crippen molar-refractivity contribution in [2.24, 2.45) is 5.92 Å². The number of piperidine rings is 1. The van der Waals surface area contributed by atoms with Gasteiger partial charge in [0.1, 0.15) is 0 Å². The number of carbonyl (C=O) groups excluding carboxylic acids is 1. The Labute approximate surface area is 133 Å². The molecule has 1 saturated heterocycles. The molecule has 0 aliphatic carbocycles. The van der Waals surface area contributed by atoms with Crippen molar-refractivity contribution in [1.29, 1.82) is 0 Å². The van der Waals surface area contributed by atoms with Gasteiger partial charge in [-0.25, -0.2) is 0 Å². The van der Waals surface area contributed by atoms with Crippen molar-refractivity contribution < 1.29 is 18.0 Å². The lowest BCUT2D eigenvalue weighted by molar-refractivity contribution is -0.149. The maximum Gasteiger partial charge on any atom is 0.401 e. The molecule has 1 N–H and O–H groups in total. The van der Waals surface area contributed by atoms with Crippen LogP contribution in [-0.4, -0.2) is 52.9 Å². The molecule has 1 amide bonds. The minimum absolute atomic E-state index is 0.0852. The monoisotopic (exact) mass is 332 g/mol. The number of alkyl halides is 3. The van der Waals surface area contributed by atoms with Crippen LogP contribution < -0.4 is 5.32 Å². The van der Waals surface area contributed by atoms with Crippen molar-refractivity contribution in [2.45, 2.75) is 38.9 Å². The minimum atomic E-state index is -4.16. The molecule has 0 saturated carbocycles. The van der Waals surface area contributed by atoms with E-state index in [-0.39, 0.29) is 11.8 Å². The molecule has 1 atom stereocenters. The van der Waals surface area contributed by atoms with Crippen LogP contribution in [0.2, 0.25) is 0 Å². The molecular weight excluding hydrogens is 309 g/mol. The molecule has 0 spiro atoms. The normalized spacial score (nSPS) is 19.7. The van der Waals surface area contributed by atoms with Crippen molar-refractivity contribution in [3.05, 3.63) is 18.0 Å². The summed E-state index contributed by atoms with van der Waals surface area (Å²) in [6.45, 7) is 2.87. The molecule has 2 heterocycles. The first kappa shape index (κ1) is 17.8. The number of hydrogen-bond donors (Lipinski definition) is 1. The fourth-order valence-electron chi connectivity index (χ4n) is 2.87. The molecule has 1 aliphatic heterocycles. The van der Waals surface area contributed by atoms with Crippen LogP contribution in [0.4, 0.5) is 13.2 Å². The van der Waals surface area contributed by atoms with Crippen LogP contribution >= 0.6 is 0 Å². The van der Waals surface area contributed by atoms with E-state index < -0.39 is 12.7 Å². The minimum Gasteiger partial charge on any atom is -0.356 e. The number of aromatic nitrogens is 2. The number of carbonyl (C=O) groups is 1. The zero-order valence-electron chi connectivity index (χ0n) is 13.3. The number of nitrogens with zero attached hydrogens (tertiary/aromatic N) is 3. The number of nitrogens with one attached hydrogen (secondary N) is 1. The first-order valence-electron chi connectivity index (χ1n) is 7.87. The molecule has 5 nitrogen and oxygen atoms in total. The summed E-state index contributed by atoms with van der Waals surface area (Å²) in [6.07, 6.45) is 1.35. The Morgan fingerprint density at radius 2 is 2.26 bits per heavy atom. The van der Waals surface area contributed by atoms with E-state index in [1.54, 1.807) is 10.9 Å². The fraction of sp³-hybridized carbons (Fsp3) is 0.733. The molecule has 0 radical (unpaired) electrons. The first-order valence-corrected chi connectivity index (χ1v) is 7.87. The predicted octanol–water partition coefficient (Wildman–Crippen LogP) is 1.97. The summed E-state index contributed by atoms with van der Waals surface area (Å²) in [5, 5.41) is 6.93. The molecule has 1 aromatic rings. The first-order chi connectivity index (χ1) is 10.8. The van der Waals surface area contributed by atoms with E-state index in [9.17, 15) is 18.0 Å². The highest BCUT2D eigenvalue weighted by Crippen LogP contribution is 2.22. The van der Waals surface area contributed by atoms with Crippen LogP contribution in [-0.2, 0) is 11.3 Å². The van der Waals surface area contributed by atoms with E-state index in [1.165, 1.54) is 4.90 Å². The van der Waals surface area contributed by atoms with Crippen molar-refractivity contribution >= 4 is 5.91 Å². The van der Waals surface area contributed by atoms with Gasteiger partial charge in [-0.2, -0.15) is 18.3 Å². The molecule has 1 unspecified atom stereocenters. The average Bonchev–Trinajstić information content (AvgIpc) is 2.87. The lowest BCUT2D eigenvalue weighted by Gasteiger charge is -2.33. The maximum atomic E-state index is 12.4. The molecule has 1 aliphatic rings. The highest BCUT2D eigenvalue weighted by molar-refractivity contribution is 5.75. The molecular formula is C15H23F3N4O. The van der Waals surface area contributed by atoms with Crippen LogP contribution in [0.15, 0.2) is 12.4 Å². The molecule has 1 aromatic heterocycles. The number of halogens is 3. The SMILES string of the molecule is Cc1cnn(CCC(=O)NCC2CCCN(CC(F)(F)F)C2)c1. The van der Waals surface area contributed by atoms with Gasteiger partial charge in [0, 0.05) is 32.3 Å². The molecule has 23 heavy (non-hydrogen) atoms. The third-order valence-electron chi connectivity index (χ3n) is 3.92. The van der Waals surface area contributed by atoms with Crippen molar-refractivity contribution in [2.75, 3.05) is 26.2 Å². The van der Waals surface area contributed by atoms with Gasteiger partial charge in [0.2, 0.25) is 5.91 Å². The van der Waals surface area contributed by atoms with Crippen LogP contribution in [0.25, 0.3) is 0 Å². The third-order valence-corrected chi connectivity index (χ3v) is 3.92. The van der Waals surface area contributed by atoms with Crippen LogP contribution in [0.3, 0.4) is 0 Å². The fourth-order valence-corrected chi connectivity index (χ4v) is 2.87. The van der Waals surface area contributed by atoms with Gasteiger partial charge in [0.15, 0.2) is 0 Å². The highest BCUT2D eigenvalue weighted by Gasteiger charge is 2.32. The van der Waals surface area contributed by atoms with Gasteiger partial charge < -0.3 is 5.32 Å². The molecule has 8 heteroatoms. The standard InChI is InChI=1S/C15H23F3N4O/c1-12-7-20-22(9-12)6-4-14(23)19-8-13-3-2-5-21(10-13)11-15(16,17)18/h7,9,13H,2-6,8,10-11H2,1H3,(H,19,23). The van der Waals surface area contributed by atoms with Gasteiger partial charge >= 0.3 is 6.18 Å². The van der Waals surface area contributed by atoms with Crippen molar-refractivity contribution in [3.8, 4) is 0 Å². The summed E-state index contributed by atoms with van der Waals surface area (Å²) in [4.78, 5) is 13.3. The van der Waals surface area contributed by atoms with Crippen LogP contribution in [0.5, 0.6) is 0 Å². The highest BCUT2D eigenvalue weighted by atomic mass is 19.4. The second-order valence-electron chi connectivity index (χ2n) is 6.19. The van der Waals surface area contributed by atoms with E-state index in [1.807, 2.05) is 13.1 Å². The Morgan fingerprint density at radius 3 is 2.91 bits per heavy atom. The zero-order chi connectivity index (χ0) is 16.9. The Kier molecular flexibility index (Phi) is 6.04. The Morgan fingerprint density at radius 1 is 1.48 bits per heavy atom. The van der Waals surface area contributed by atoms with Gasteiger partial charge in [0.25, 0.3) is 0 Å². The number of aryl methyl sites for hydroxylation is 2. The summed E-state index contributed by atoms with van der Waals surface area (Å²) >= 11 is 0. The largest absolute Gasteiger partial charge is 0.401 e. The number of likely N-dealkylation sites (tertiary alicyclic amines) is 1. The van der Waals surface area contributed by atoms with Gasteiger partial charge in [-0.3, -0.25) is 14.4 Å². The number of rotatable bonds is 6. The molecule has 130 valence electrons. The molecule has 0 aromatic carbocycles. The lowest BCUT2D eigenvalue weighted by atomic mass is 9.98. The smallest absolute Gasteiger partial charge is 0.356 e. The Balaban J connectivity index is 1.67. The lowest BCUT2D eigenvalue weighted by Crippen LogP contribution is -2.44. The second kappa shape index (κ2) is 7.81. The summed E-state index contributed by atoms with van der Waals surface area (Å²) in [7, 11) is 0. The molecule has 1 fully saturated rings. The molecule has 2 rings (SSSR count). The van der Waals surface area contributed by atoms with E-state index in [0.29, 0.717) is 32.6 Å². The van der Waals surface area contributed by atoms with Crippen LogP contribution in [0.1, 0.15) is 24.8 Å². The van der Waals surface area contributed by atoms with Gasteiger partial charge in [-0.1, -0.05) is 0 Å². The summed E-state index contributed by atoms with van der Waals surface area (Å²) in [5.41, 5.74) is 1.04. The van der Waals surface area contributed by atoms with Crippen LogP contribution in [0, 0.1) is 12.8 Å². The summed E-state index contributed by atoms with van der Waals surface area (Å²) in [6, 6.07) is 0. The topological polar surface area (TPSA) is 50.2 Å². The number of hydrogen-bond acceptors (Lipinski definition) is 3. The number of amides is 1. The Bertz CT molecular complexity index is 515. The van der Waals surface area contributed by atoms with Crippen molar-refractivity contribution in [1.82, 2.24) is 20.0 Å². The van der Waals surface area contributed by atoms with Crippen molar-refractivity contribution in [3.63, 3.8) is 0 Å². The predicted molar refractivity (Wildman–Crippen MR) is 79.8 cm³/mol. The van der Waals surface area contributed by atoms with E-state index in [0.717, 1.165) is 18.4 Å². The van der Waals surface area contributed by atoms with Gasteiger partial charge in [0.05, 0.1) is 12.7 Å². The third kappa shape index (κ3) is 6.60. The van der Waals surface area contributed by atoms with E-state index in [4.69, 9.17) is 0 Å². The second-order valence-corrected chi connectivity index (χ2v) is 6.19. The average molecular weight is 332 g/mol. The zero-order valence-corrected chi connectivity index (χ0v) is 13.3. The Hall–Kier alpha value is -1.57. The summed E-state index contributed by atoms with van der Waals surface area (Å²) in [5.74, 6) is -0.00639. The van der Waals surface area contributed by atoms with E-state index >= 15 is 0 Å². The maximum absolute atomic E-state index is 12.4. The van der Waals surface area contributed by atoms with E-state index in [2.05, 4.69) is 10.4 Å². The molecule has 0 bridgehead atoms.